The largest absolute Gasteiger partial charge is 0.394 e. The lowest BCUT2D eigenvalue weighted by Gasteiger charge is -2.15. The topological polar surface area (TPSA) is 120 Å². The summed E-state index contributed by atoms with van der Waals surface area (Å²) in [6.07, 6.45) is 1.13. The second kappa shape index (κ2) is 8.79. The number of aryl methyl sites for hydroxylation is 1. The maximum Gasteiger partial charge on any atom is 0.276 e. The van der Waals surface area contributed by atoms with Crippen molar-refractivity contribution in [2.45, 2.75) is 19.4 Å². The molecule has 0 aliphatic heterocycles. The molecule has 1 unspecified atom stereocenters. The SMILES string of the molecule is CCc1ccc(Nc2c(C(=O)NOCC(O)CO)ccc3[nH]ncc23)c(F)c1. The van der Waals surface area contributed by atoms with Gasteiger partial charge in [-0.3, -0.25) is 14.7 Å². The Balaban J connectivity index is 1.90. The third-order valence-electron chi connectivity index (χ3n) is 4.22. The number of fused-ring (bicyclic) bond motifs is 1. The quantitative estimate of drug-likeness (QED) is 0.377. The minimum absolute atomic E-state index is 0.200. The molecule has 0 fully saturated rings. The van der Waals surface area contributed by atoms with Crippen LogP contribution in [0.5, 0.6) is 0 Å². The fourth-order valence-corrected chi connectivity index (χ4v) is 2.67. The highest BCUT2D eigenvalue weighted by molar-refractivity contribution is 6.08. The Morgan fingerprint density at radius 3 is 2.89 bits per heavy atom. The molecule has 9 heteroatoms. The number of nitrogens with zero attached hydrogens (tertiary/aromatic N) is 1. The first kappa shape index (κ1) is 19.7. The van der Waals surface area contributed by atoms with Crippen LogP contribution in [-0.4, -0.2) is 45.6 Å². The van der Waals surface area contributed by atoms with Crippen LogP contribution in [0.15, 0.2) is 36.5 Å². The van der Waals surface area contributed by atoms with E-state index in [0.717, 1.165) is 5.56 Å². The second-order valence-corrected chi connectivity index (χ2v) is 6.19. The summed E-state index contributed by atoms with van der Waals surface area (Å²) >= 11 is 0. The Morgan fingerprint density at radius 1 is 1.36 bits per heavy atom. The first-order valence-corrected chi connectivity index (χ1v) is 8.76. The van der Waals surface area contributed by atoms with E-state index in [4.69, 9.17) is 9.94 Å². The molecule has 148 valence electrons. The lowest BCUT2D eigenvalue weighted by molar-refractivity contribution is -0.0295. The monoisotopic (exact) mass is 388 g/mol. The van der Waals surface area contributed by atoms with Gasteiger partial charge >= 0.3 is 0 Å². The van der Waals surface area contributed by atoms with Crippen LogP contribution in [0, 0.1) is 5.82 Å². The van der Waals surface area contributed by atoms with Crippen LogP contribution >= 0.6 is 0 Å². The highest BCUT2D eigenvalue weighted by Crippen LogP contribution is 2.30. The zero-order chi connectivity index (χ0) is 20.1. The van der Waals surface area contributed by atoms with Gasteiger partial charge in [0.15, 0.2) is 0 Å². The van der Waals surface area contributed by atoms with Crippen LogP contribution in [0.2, 0.25) is 0 Å². The number of nitrogens with one attached hydrogen (secondary N) is 3. The molecule has 1 heterocycles. The van der Waals surface area contributed by atoms with Crippen LogP contribution < -0.4 is 10.8 Å². The Morgan fingerprint density at radius 2 is 2.18 bits per heavy atom. The number of hydrogen-bond donors (Lipinski definition) is 5. The summed E-state index contributed by atoms with van der Waals surface area (Å²) in [6, 6.07) is 8.07. The molecule has 0 saturated carbocycles. The summed E-state index contributed by atoms with van der Waals surface area (Å²) in [4.78, 5) is 17.5. The molecule has 3 aromatic rings. The van der Waals surface area contributed by atoms with Gasteiger partial charge in [0.05, 0.1) is 35.3 Å². The van der Waals surface area contributed by atoms with Crippen LogP contribution in [0.1, 0.15) is 22.8 Å². The number of aromatic nitrogens is 2. The first-order chi connectivity index (χ1) is 13.5. The van der Waals surface area contributed by atoms with Gasteiger partial charge in [-0.05, 0) is 36.2 Å². The standard InChI is InChI=1S/C19H21FN4O4/c1-2-11-3-5-17(15(20)7-11)22-18-13(4-6-16-14(18)8-21-23-16)19(27)24-28-10-12(26)9-25/h3-8,12,22,25-26H,2,9-10H2,1H3,(H,21,23)(H,24,27). The number of carbonyl (C=O) groups is 1. The molecule has 1 aromatic heterocycles. The number of anilines is 2. The van der Waals surface area contributed by atoms with Gasteiger partial charge < -0.3 is 15.5 Å². The molecule has 2 aromatic carbocycles. The van der Waals surface area contributed by atoms with Crippen LogP contribution in [0.25, 0.3) is 10.9 Å². The Kier molecular flexibility index (Phi) is 6.19. The molecule has 8 nitrogen and oxygen atoms in total. The highest BCUT2D eigenvalue weighted by atomic mass is 19.1. The minimum Gasteiger partial charge on any atom is -0.394 e. The number of aliphatic hydroxyl groups is 2. The number of benzene rings is 2. The molecule has 3 rings (SSSR count). The fourth-order valence-electron chi connectivity index (χ4n) is 2.67. The molecular formula is C19H21FN4O4. The van der Waals surface area contributed by atoms with Gasteiger partial charge in [0.2, 0.25) is 0 Å². The van der Waals surface area contributed by atoms with E-state index in [2.05, 4.69) is 21.0 Å². The number of aromatic amines is 1. The third kappa shape index (κ3) is 4.28. The van der Waals surface area contributed by atoms with Crippen molar-refractivity contribution in [2.75, 3.05) is 18.5 Å². The molecule has 5 N–H and O–H groups in total. The van der Waals surface area contributed by atoms with Gasteiger partial charge in [-0.1, -0.05) is 13.0 Å². The van der Waals surface area contributed by atoms with Gasteiger partial charge in [0, 0.05) is 5.39 Å². The lowest BCUT2D eigenvalue weighted by Crippen LogP contribution is -2.30. The van der Waals surface area contributed by atoms with Crippen molar-refractivity contribution in [1.82, 2.24) is 15.7 Å². The van der Waals surface area contributed by atoms with E-state index in [-0.39, 0.29) is 17.9 Å². The molecule has 0 aliphatic carbocycles. The maximum atomic E-state index is 14.4. The number of hydroxylamine groups is 1. The van der Waals surface area contributed by atoms with Crippen LogP contribution in [0.3, 0.4) is 0 Å². The third-order valence-corrected chi connectivity index (χ3v) is 4.22. The van der Waals surface area contributed by atoms with Crippen molar-refractivity contribution < 1.29 is 24.2 Å². The molecular weight excluding hydrogens is 367 g/mol. The number of rotatable bonds is 8. The average molecular weight is 388 g/mol. The fraction of sp³-hybridized carbons (Fsp3) is 0.263. The van der Waals surface area contributed by atoms with Crippen molar-refractivity contribution in [3.63, 3.8) is 0 Å². The van der Waals surface area contributed by atoms with Gasteiger partial charge in [-0.2, -0.15) is 5.10 Å². The minimum atomic E-state index is -1.11. The Bertz CT molecular complexity index is 976. The predicted molar refractivity (Wildman–Crippen MR) is 102 cm³/mol. The van der Waals surface area contributed by atoms with Crippen LogP contribution in [-0.2, 0) is 11.3 Å². The predicted octanol–water partition coefficient (Wildman–Crippen LogP) is 2.02. The highest BCUT2D eigenvalue weighted by Gasteiger charge is 2.18. The number of halogens is 1. The van der Waals surface area contributed by atoms with E-state index in [9.17, 15) is 14.3 Å². The summed E-state index contributed by atoms with van der Waals surface area (Å²) in [5.74, 6) is -1.03. The summed E-state index contributed by atoms with van der Waals surface area (Å²) in [5, 5.41) is 28.4. The molecule has 1 amide bonds. The maximum absolute atomic E-state index is 14.4. The summed E-state index contributed by atoms with van der Waals surface area (Å²) < 4.78 is 14.4. The number of aliphatic hydroxyl groups excluding tert-OH is 2. The Hall–Kier alpha value is -3.01. The summed E-state index contributed by atoms with van der Waals surface area (Å²) in [6.45, 7) is 1.17. The van der Waals surface area contributed by atoms with Gasteiger partial charge in [-0.15, -0.1) is 0 Å². The smallest absolute Gasteiger partial charge is 0.276 e. The molecule has 0 bridgehead atoms. The van der Waals surface area contributed by atoms with Crippen molar-refractivity contribution in [3.05, 3.63) is 53.5 Å². The number of hydrogen-bond acceptors (Lipinski definition) is 6. The zero-order valence-corrected chi connectivity index (χ0v) is 15.2. The van der Waals surface area contributed by atoms with Crippen molar-refractivity contribution in [3.8, 4) is 0 Å². The molecule has 0 spiro atoms. The second-order valence-electron chi connectivity index (χ2n) is 6.19. The van der Waals surface area contributed by atoms with E-state index in [1.165, 1.54) is 12.3 Å². The number of carbonyl (C=O) groups excluding carboxylic acids is 1. The molecule has 1 atom stereocenters. The van der Waals surface area contributed by atoms with Gasteiger partial charge in [-0.25, -0.2) is 9.87 Å². The van der Waals surface area contributed by atoms with Gasteiger partial charge in [0.25, 0.3) is 5.91 Å². The average Bonchev–Trinajstić information content (AvgIpc) is 3.18. The van der Waals surface area contributed by atoms with Crippen molar-refractivity contribution in [1.29, 1.82) is 0 Å². The van der Waals surface area contributed by atoms with E-state index >= 15 is 0 Å². The molecule has 28 heavy (non-hydrogen) atoms. The molecule has 0 saturated heterocycles. The van der Waals surface area contributed by atoms with E-state index in [0.29, 0.717) is 23.0 Å². The van der Waals surface area contributed by atoms with Crippen molar-refractivity contribution in [2.24, 2.45) is 0 Å². The number of amides is 1. The Labute approximate surface area is 160 Å². The van der Waals surface area contributed by atoms with E-state index in [1.807, 2.05) is 6.92 Å². The molecule has 0 aliphatic rings. The van der Waals surface area contributed by atoms with Crippen molar-refractivity contribution >= 4 is 28.2 Å². The van der Waals surface area contributed by atoms with Crippen LogP contribution in [0.4, 0.5) is 15.8 Å². The molecule has 0 radical (unpaired) electrons. The summed E-state index contributed by atoms with van der Waals surface area (Å²) in [7, 11) is 0. The lowest BCUT2D eigenvalue weighted by atomic mass is 10.1. The normalized spacial score (nSPS) is 12.1. The zero-order valence-electron chi connectivity index (χ0n) is 15.2. The van der Waals surface area contributed by atoms with Gasteiger partial charge in [0.1, 0.15) is 18.5 Å². The van der Waals surface area contributed by atoms with E-state index < -0.39 is 24.4 Å². The number of H-pyrrole nitrogens is 1. The first-order valence-electron chi connectivity index (χ1n) is 8.76. The van der Waals surface area contributed by atoms with E-state index in [1.54, 1.807) is 24.3 Å². The summed E-state index contributed by atoms with van der Waals surface area (Å²) in [5.41, 5.74) is 4.51.